The van der Waals surface area contributed by atoms with Crippen LogP contribution in [0.4, 0.5) is 0 Å². The summed E-state index contributed by atoms with van der Waals surface area (Å²) in [7, 11) is 1.79. The Morgan fingerprint density at radius 3 is 2.67 bits per heavy atom. The smallest absolute Gasteiger partial charge is 0.341 e. The van der Waals surface area contributed by atoms with Gasteiger partial charge in [-0.15, -0.1) is 11.3 Å². The molecule has 6 heteroatoms. The van der Waals surface area contributed by atoms with Crippen LogP contribution in [0.1, 0.15) is 32.1 Å². The Morgan fingerprint density at radius 2 is 2.00 bits per heavy atom. The van der Waals surface area contributed by atoms with E-state index in [9.17, 15) is 9.59 Å². The Hall–Kier alpha value is -2.34. The van der Waals surface area contributed by atoms with Crippen molar-refractivity contribution in [2.45, 2.75) is 25.8 Å². The molecule has 0 bridgehead atoms. The van der Waals surface area contributed by atoms with Crippen molar-refractivity contribution < 1.29 is 19.4 Å². The lowest BCUT2D eigenvalue weighted by atomic mass is 10.2. The Bertz CT molecular complexity index is 729. The highest BCUT2D eigenvalue weighted by atomic mass is 32.1. The molecule has 0 fully saturated rings. The molecule has 1 N–H and O–H groups in total. The number of carbonyl (C=O) groups is 2. The average Bonchev–Trinajstić information content (AvgIpc) is 3.15. The minimum Gasteiger partial charge on any atom is -0.482 e. The van der Waals surface area contributed by atoms with Gasteiger partial charge in [-0.3, -0.25) is 4.79 Å². The summed E-state index contributed by atoms with van der Waals surface area (Å²) in [5.74, 6) is -0.460. The van der Waals surface area contributed by atoms with Crippen LogP contribution in [0.2, 0.25) is 0 Å². The first-order chi connectivity index (χ1) is 11.5. The zero-order chi connectivity index (χ0) is 17.1. The summed E-state index contributed by atoms with van der Waals surface area (Å²) in [6.45, 7) is 0.140. The highest BCUT2D eigenvalue weighted by molar-refractivity contribution is 7.14. The molecule has 1 aromatic heterocycles. The van der Waals surface area contributed by atoms with Gasteiger partial charge in [-0.2, -0.15) is 0 Å². The maximum absolute atomic E-state index is 12.5. The number of thiophene rings is 1. The van der Waals surface area contributed by atoms with Gasteiger partial charge in [0.1, 0.15) is 5.75 Å². The number of benzene rings is 1. The van der Waals surface area contributed by atoms with E-state index in [1.54, 1.807) is 35.4 Å². The van der Waals surface area contributed by atoms with E-state index in [0.717, 1.165) is 23.3 Å². The van der Waals surface area contributed by atoms with Gasteiger partial charge in [0.2, 0.25) is 0 Å². The third-order valence-electron chi connectivity index (χ3n) is 4.01. The molecule has 126 valence electrons. The molecule has 0 saturated carbocycles. The second-order valence-corrected chi connectivity index (χ2v) is 7.04. The first-order valence-corrected chi connectivity index (χ1v) is 8.65. The van der Waals surface area contributed by atoms with Gasteiger partial charge in [0, 0.05) is 18.5 Å². The molecule has 1 amide bonds. The van der Waals surface area contributed by atoms with Crippen molar-refractivity contribution in [1.29, 1.82) is 0 Å². The zero-order valence-corrected chi connectivity index (χ0v) is 14.3. The quantitative estimate of drug-likeness (QED) is 0.874. The summed E-state index contributed by atoms with van der Waals surface area (Å²) in [5.41, 5.74) is 2.30. The van der Waals surface area contributed by atoms with Crippen LogP contribution in [0, 0.1) is 0 Å². The fourth-order valence-corrected chi connectivity index (χ4v) is 4.05. The number of carboxylic acids is 1. The molecule has 0 atom stereocenters. The molecular formula is C18H19NO4S. The number of rotatable bonds is 6. The van der Waals surface area contributed by atoms with Crippen LogP contribution < -0.4 is 4.74 Å². The number of fused-ring (bicyclic) bond motifs is 1. The summed E-state index contributed by atoms with van der Waals surface area (Å²) in [6, 6.07) is 9.16. The van der Waals surface area contributed by atoms with Crippen molar-refractivity contribution in [3.8, 4) is 5.75 Å². The van der Waals surface area contributed by atoms with Crippen molar-refractivity contribution in [2.75, 3.05) is 13.7 Å². The molecule has 0 radical (unpaired) electrons. The van der Waals surface area contributed by atoms with E-state index in [1.807, 2.05) is 18.2 Å². The lowest BCUT2D eigenvalue weighted by Gasteiger charge is -2.16. The highest BCUT2D eigenvalue weighted by Crippen LogP contribution is 2.31. The standard InChI is InChI=1S/C18H19NO4S/c1-19(18(22)16-9-13-3-2-4-15(13)24-16)10-12-5-7-14(8-6-12)23-11-17(20)21/h5-9H,2-4,10-11H2,1H3,(H,20,21). The second-order valence-electron chi connectivity index (χ2n) is 5.90. The van der Waals surface area contributed by atoms with E-state index in [0.29, 0.717) is 12.3 Å². The highest BCUT2D eigenvalue weighted by Gasteiger charge is 2.20. The minimum absolute atomic E-state index is 0.0422. The van der Waals surface area contributed by atoms with Gasteiger partial charge in [-0.25, -0.2) is 4.79 Å². The van der Waals surface area contributed by atoms with Crippen molar-refractivity contribution in [3.63, 3.8) is 0 Å². The normalized spacial score (nSPS) is 12.7. The third-order valence-corrected chi connectivity index (χ3v) is 5.23. The summed E-state index contributed by atoms with van der Waals surface area (Å²) < 4.78 is 5.10. The van der Waals surface area contributed by atoms with Crippen molar-refractivity contribution in [1.82, 2.24) is 4.90 Å². The van der Waals surface area contributed by atoms with Crippen LogP contribution in [0.5, 0.6) is 5.75 Å². The molecule has 24 heavy (non-hydrogen) atoms. The van der Waals surface area contributed by atoms with Crippen molar-refractivity contribution >= 4 is 23.2 Å². The van der Waals surface area contributed by atoms with Crippen LogP contribution in [-0.2, 0) is 24.2 Å². The number of nitrogens with zero attached hydrogens (tertiary/aromatic N) is 1. The first-order valence-electron chi connectivity index (χ1n) is 7.83. The number of carboxylic acid groups (broad SMARTS) is 1. The van der Waals surface area contributed by atoms with Gasteiger partial charge < -0.3 is 14.7 Å². The van der Waals surface area contributed by atoms with E-state index in [-0.39, 0.29) is 12.5 Å². The lowest BCUT2D eigenvalue weighted by Crippen LogP contribution is -2.25. The molecule has 1 aliphatic carbocycles. The van der Waals surface area contributed by atoms with Crippen molar-refractivity contribution in [2.24, 2.45) is 0 Å². The van der Waals surface area contributed by atoms with Gasteiger partial charge in [-0.1, -0.05) is 12.1 Å². The number of hydrogen-bond donors (Lipinski definition) is 1. The number of ether oxygens (including phenoxy) is 1. The summed E-state index contributed by atoms with van der Waals surface area (Å²) in [4.78, 5) is 26.9. The maximum atomic E-state index is 12.5. The van der Waals surface area contributed by atoms with E-state index >= 15 is 0 Å². The van der Waals surface area contributed by atoms with Crippen LogP contribution >= 0.6 is 11.3 Å². The maximum Gasteiger partial charge on any atom is 0.341 e. The Morgan fingerprint density at radius 1 is 1.25 bits per heavy atom. The Balaban J connectivity index is 1.60. The number of aliphatic carboxylic acids is 1. The average molecular weight is 345 g/mol. The van der Waals surface area contributed by atoms with E-state index in [1.165, 1.54) is 16.9 Å². The topological polar surface area (TPSA) is 66.8 Å². The molecule has 2 aromatic rings. The van der Waals surface area contributed by atoms with Gasteiger partial charge in [0.15, 0.2) is 6.61 Å². The molecule has 0 aliphatic heterocycles. The molecule has 1 aromatic carbocycles. The summed E-state index contributed by atoms with van der Waals surface area (Å²) in [6.07, 6.45) is 3.37. The van der Waals surface area contributed by atoms with E-state index in [4.69, 9.17) is 9.84 Å². The molecule has 0 saturated heterocycles. The predicted octanol–water partition coefficient (Wildman–Crippen LogP) is 2.97. The third kappa shape index (κ3) is 3.76. The summed E-state index contributed by atoms with van der Waals surface area (Å²) in [5, 5.41) is 8.59. The van der Waals surface area contributed by atoms with Gasteiger partial charge >= 0.3 is 5.97 Å². The second kappa shape index (κ2) is 7.05. The molecule has 3 rings (SSSR count). The molecule has 1 aliphatic rings. The molecule has 1 heterocycles. The van der Waals surface area contributed by atoms with Gasteiger partial charge in [0.25, 0.3) is 5.91 Å². The largest absolute Gasteiger partial charge is 0.482 e. The minimum atomic E-state index is -1.01. The number of amides is 1. The van der Waals surface area contributed by atoms with Crippen LogP contribution in [0.3, 0.4) is 0 Å². The fourth-order valence-electron chi connectivity index (χ4n) is 2.80. The SMILES string of the molecule is CN(Cc1ccc(OCC(=O)O)cc1)C(=O)c1cc2c(s1)CCC2. The van der Waals surface area contributed by atoms with Crippen LogP contribution in [0.25, 0.3) is 0 Å². The van der Waals surface area contributed by atoms with Gasteiger partial charge in [0.05, 0.1) is 4.88 Å². The lowest BCUT2D eigenvalue weighted by molar-refractivity contribution is -0.139. The first kappa shape index (κ1) is 16.5. The van der Waals surface area contributed by atoms with Crippen LogP contribution in [-0.4, -0.2) is 35.5 Å². The molecule has 0 unspecified atom stereocenters. The number of hydrogen-bond acceptors (Lipinski definition) is 4. The van der Waals surface area contributed by atoms with E-state index < -0.39 is 5.97 Å². The summed E-state index contributed by atoms with van der Waals surface area (Å²) >= 11 is 1.61. The molecule has 5 nitrogen and oxygen atoms in total. The molecule has 0 spiro atoms. The monoisotopic (exact) mass is 345 g/mol. The van der Waals surface area contributed by atoms with Crippen molar-refractivity contribution in [3.05, 3.63) is 51.2 Å². The van der Waals surface area contributed by atoms with Crippen LogP contribution in [0.15, 0.2) is 30.3 Å². The van der Waals surface area contributed by atoms with Gasteiger partial charge in [-0.05, 0) is 48.6 Å². The zero-order valence-electron chi connectivity index (χ0n) is 13.4. The Kier molecular flexibility index (Phi) is 4.85. The fraction of sp³-hybridized carbons (Fsp3) is 0.333. The predicted molar refractivity (Wildman–Crippen MR) is 91.7 cm³/mol. The number of aryl methyl sites for hydroxylation is 2. The van der Waals surface area contributed by atoms with E-state index in [2.05, 4.69) is 0 Å². The Labute approximate surface area is 144 Å². The number of carbonyl (C=O) groups excluding carboxylic acids is 1. The molecular weight excluding hydrogens is 326 g/mol.